The Labute approximate surface area is 155 Å². The zero-order chi connectivity index (χ0) is 17.6. The summed E-state index contributed by atoms with van der Waals surface area (Å²) in [6.07, 6.45) is 1.07. The van der Waals surface area contributed by atoms with E-state index in [4.69, 9.17) is 4.52 Å². The Morgan fingerprint density at radius 3 is 2.56 bits per heavy atom. The molecule has 0 radical (unpaired) electrons. The first kappa shape index (κ1) is 17.4. The third-order valence-electron chi connectivity index (χ3n) is 4.01. The number of halogens is 1. The molecule has 1 amide bonds. The van der Waals surface area contributed by atoms with Crippen molar-refractivity contribution in [2.24, 2.45) is 0 Å². The number of nitrogens with one attached hydrogen (secondary N) is 1. The van der Waals surface area contributed by atoms with Gasteiger partial charge in [-0.25, -0.2) is 0 Å². The van der Waals surface area contributed by atoms with Gasteiger partial charge in [-0.2, -0.15) is 0 Å². The summed E-state index contributed by atoms with van der Waals surface area (Å²) in [6.45, 7) is 2.47. The number of hydrogen-bond acceptors (Lipinski definition) is 3. The van der Waals surface area contributed by atoms with Crippen molar-refractivity contribution in [1.29, 1.82) is 0 Å². The van der Waals surface area contributed by atoms with Crippen molar-refractivity contribution in [3.05, 3.63) is 75.9 Å². The molecular formula is C20H19BrN2O2. The predicted molar refractivity (Wildman–Crippen MR) is 101 cm³/mol. The summed E-state index contributed by atoms with van der Waals surface area (Å²) in [7, 11) is 0. The maximum Gasteiger partial charge on any atom is 0.224 e. The van der Waals surface area contributed by atoms with Gasteiger partial charge in [-0.3, -0.25) is 4.79 Å². The lowest BCUT2D eigenvalue weighted by molar-refractivity contribution is -0.120. The number of aryl methyl sites for hydroxylation is 1. The van der Waals surface area contributed by atoms with Crippen LogP contribution in [0.1, 0.15) is 16.8 Å². The van der Waals surface area contributed by atoms with Gasteiger partial charge in [0, 0.05) is 22.1 Å². The van der Waals surface area contributed by atoms with Crippen LogP contribution in [0.5, 0.6) is 0 Å². The smallest absolute Gasteiger partial charge is 0.224 e. The second kappa shape index (κ2) is 8.12. The third kappa shape index (κ3) is 4.57. The van der Waals surface area contributed by atoms with Crippen LogP contribution in [0.3, 0.4) is 0 Å². The van der Waals surface area contributed by atoms with Crippen molar-refractivity contribution in [3.63, 3.8) is 0 Å². The average Bonchev–Trinajstić information content (AvgIpc) is 2.97. The van der Waals surface area contributed by atoms with E-state index in [9.17, 15) is 4.79 Å². The van der Waals surface area contributed by atoms with Gasteiger partial charge in [-0.1, -0.05) is 63.6 Å². The number of carbonyl (C=O) groups excluding carboxylic acids is 1. The first-order valence-electron chi connectivity index (χ1n) is 8.15. The fraction of sp³-hybridized carbons (Fsp3) is 0.200. The fourth-order valence-corrected chi connectivity index (χ4v) is 2.90. The highest BCUT2D eigenvalue weighted by atomic mass is 79.9. The minimum absolute atomic E-state index is 0.0272. The molecule has 1 N–H and O–H groups in total. The second-order valence-corrected chi connectivity index (χ2v) is 6.76. The molecule has 4 nitrogen and oxygen atoms in total. The zero-order valence-corrected chi connectivity index (χ0v) is 15.5. The molecule has 0 aliphatic rings. The SMILES string of the molecule is Cc1noc(-c2ccc(Br)cc2)c1CC(=O)NCCc1ccccc1. The Morgan fingerprint density at radius 1 is 1.12 bits per heavy atom. The van der Waals surface area contributed by atoms with Crippen LogP contribution >= 0.6 is 15.9 Å². The molecule has 0 bridgehead atoms. The quantitative estimate of drug-likeness (QED) is 0.672. The second-order valence-electron chi connectivity index (χ2n) is 5.84. The van der Waals surface area contributed by atoms with Crippen molar-refractivity contribution >= 4 is 21.8 Å². The number of benzene rings is 2. The van der Waals surface area contributed by atoms with E-state index in [-0.39, 0.29) is 12.3 Å². The van der Waals surface area contributed by atoms with Crippen LogP contribution in [0.2, 0.25) is 0 Å². The van der Waals surface area contributed by atoms with Gasteiger partial charge >= 0.3 is 0 Å². The molecular weight excluding hydrogens is 380 g/mol. The first-order chi connectivity index (χ1) is 12.1. The van der Waals surface area contributed by atoms with Crippen LogP contribution in [0.15, 0.2) is 63.6 Å². The molecule has 0 aliphatic heterocycles. The van der Waals surface area contributed by atoms with E-state index in [0.717, 1.165) is 27.7 Å². The number of carbonyl (C=O) groups is 1. The molecule has 1 aromatic heterocycles. The van der Waals surface area contributed by atoms with Gasteiger partial charge in [-0.15, -0.1) is 0 Å². The maximum absolute atomic E-state index is 12.3. The highest BCUT2D eigenvalue weighted by Gasteiger charge is 2.17. The highest BCUT2D eigenvalue weighted by molar-refractivity contribution is 9.10. The molecule has 0 saturated carbocycles. The minimum atomic E-state index is -0.0272. The van der Waals surface area contributed by atoms with Gasteiger partial charge in [-0.05, 0) is 31.0 Å². The summed E-state index contributed by atoms with van der Waals surface area (Å²) < 4.78 is 6.44. The van der Waals surface area contributed by atoms with E-state index >= 15 is 0 Å². The third-order valence-corrected chi connectivity index (χ3v) is 4.54. The number of nitrogens with zero attached hydrogens (tertiary/aromatic N) is 1. The lowest BCUT2D eigenvalue weighted by atomic mass is 10.0. The van der Waals surface area contributed by atoms with E-state index in [0.29, 0.717) is 12.3 Å². The lowest BCUT2D eigenvalue weighted by Gasteiger charge is -2.06. The number of hydrogen-bond donors (Lipinski definition) is 1. The zero-order valence-electron chi connectivity index (χ0n) is 14.0. The monoisotopic (exact) mass is 398 g/mol. The Kier molecular flexibility index (Phi) is 5.66. The van der Waals surface area contributed by atoms with Gasteiger partial charge < -0.3 is 9.84 Å². The molecule has 2 aromatic carbocycles. The molecule has 0 aliphatic carbocycles. The molecule has 25 heavy (non-hydrogen) atoms. The summed E-state index contributed by atoms with van der Waals surface area (Å²) in [4.78, 5) is 12.3. The van der Waals surface area contributed by atoms with Crippen molar-refractivity contribution in [2.75, 3.05) is 6.54 Å². The van der Waals surface area contributed by atoms with Crippen LogP contribution in [0, 0.1) is 6.92 Å². The van der Waals surface area contributed by atoms with E-state index < -0.39 is 0 Å². The molecule has 0 unspecified atom stereocenters. The Bertz CT molecular complexity index is 842. The Hall–Kier alpha value is -2.40. The van der Waals surface area contributed by atoms with Gasteiger partial charge in [0.05, 0.1) is 12.1 Å². The summed E-state index contributed by atoms with van der Waals surface area (Å²) in [5.74, 6) is 0.629. The number of rotatable bonds is 6. The van der Waals surface area contributed by atoms with E-state index in [2.05, 4.69) is 38.5 Å². The Morgan fingerprint density at radius 2 is 1.84 bits per heavy atom. The van der Waals surface area contributed by atoms with Crippen LogP contribution in [0.25, 0.3) is 11.3 Å². The van der Waals surface area contributed by atoms with E-state index in [1.807, 2.05) is 49.4 Å². The van der Waals surface area contributed by atoms with Crippen LogP contribution in [0.4, 0.5) is 0 Å². The molecule has 3 aromatic rings. The molecule has 1 heterocycles. The molecule has 5 heteroatoms. The summed E-state index contributed by atoms with van der Waals surface area (Å²) in [5, 5.41) is 7.00. The molecule has 0 saturated heterocycles. The molecule has 128 valence electrons. The van der Waals surface area contributed by atoms with Crippen LogP contribution in [-0.4, -0.2) is 17.6 Å². The topological polar surface area (TPSA) is 55.1 Å². The largest absolute Gasteiger partial charge is 0.356 e. The Balaban J connectivity index is 1.63. The van der Waals surface area contributed by atoms with Gasteiger partial charge in [0.1, 0.15) is 0 Å². The maximum atomic E-state index is 12.3. The first-order valence-corrected chi connectivity index (χ1v) is 8.94. The van der Waals surface area contributed by atoms with Crippen molar-refractivity contribution in [3.8, 4) is 11.3 Å². The van der Waals surface area contributed by atoms with Gasteiger partial charge in [0.2, 0.25) is 5.91 Å². The van der Waals surface area contributed by atoms with E-state index in [1.165, 1.54) is 5.56 Å². The predicted octanol–water partition coefficient (Wildman–Crippen LogP) is 4.31. The lowest BCUT2D eigenvalue weighted by Crippen LogP contribution is -2.27. The molecule has 3 rings (SSSR count). The van der Waals surface area contributed by atoms with Crippen LogP contribution in [-0.2, 0) is 17.6 Å². The summed E-state index contributed by atoms with van der Waals surface area (Å²) in [6, 6.07) is 17.9. The van der Waals surface area contributed by atoms with Gasteiger partial charge in [0.15, 0.2) is 5.76 Å². The summed E-state index contributed by atoms with van der Waals surface area (Å²) >= 11 is 3.42. The van der Waals surface area contributed by atoms with Crippen molar-refractivity contribution in [2.45, 2.75) is 19.8 Å². The van der Waals surface area contributed by atoms with E-state index in [1.54, 1.807) is 0 Å². The van der Waals surface area contributed by atoms with Crippen LogP contribution < -0.4 is 5.32 Å². The normalized spacial score (nSPS) is 10.6. The highest BCUT2D eigenvalue weighted by Crippen LogP contribution is 2.27. The standard InChI is InChI=1S/C20H19BrN2O2/c1-14-18(20(25-23-14)16-7-9-17(21)10-8-16)13-19(24)22-12-11-15-5-3-2-4-6-15/h2-10H,11-13H2,1H3,(H,22,24). The average molecular weight is 399 g/mol. The number of amides is 1. The number of aromatic nitrogens is 1. The van der Waals surface area contributed by atoms with Crippen molar-refractivity contribution < 1.29 is 9.32 Å². The minimum Gasteiger partial charge on any atom is -0.356 e. The molecule has 0 spiro atoms. The molecule has 0 fully saturated rings. The van der Waals surface area contributed by atoms with Gasteiger partial charge in [0.25, 0.3) is 0 Å². The molecule has 0 atom stereocenters. The summed E-state index contributed by atoms with van der Waals surface area (Å²) in [5.41, 5.74) is 3.70. The van der Waals surface area contributed by atoms with Crippen molar-refractivity contribution in [1.82, 2.24) is 10.5 Å². The fourth-order valence-electron chi connectivity index (χ4n) is 2.64.